The molecule has 6 heteroatoms. The molecule has 0 bridgehead atoms. The van der Waals surface area contributed by atoms with Crippen LogP contribution in [-0.2, 0) is 18.3 Å². The lowest BCUT2D eigenvalue weighted by atomic mass is 9.90. The van der Waals surface area contributed by atoms with Gasteiger partial charge >= 0.3 is 0 Å². The van der Waals surface area contributed by atoms with E-state index in [0.29, 0.717) is 11.8 Å². The van der Waals surface area contributed by atoms with E-state index < -0.39 is 0 Å². The first-order valence-electron chi connectivity index (χ1n) is 8.89. The molecule has 2 aliphatic heterocycles. The van der Waals surface area contributed by atoms with Gasteiger partial charge in [-0.3, -0.25) is 9.48 Å². The fourth-order valence-electron chi connectivity index (χ4n) is 3.91. The third kappa shape index (κ3) is 3.46. The maximum absolute atomic E-state index is 12.8. The van der Waals surface area contributed by atoms with Gasteiger partial charge in [0.05, 0.1) is 12.1 Å². The SMILES string of the molecule is Cn1cc([C@H]2CNC[C@@H]2C(=O)NCC2SCCc3ccccc32)cn1. The topological polar surface area (TPSA) is 59.0 Å². The Hall–Kier alpha value is -1.79. The van der Waals surface area contributed by atoms with Crippen LogP contribution in [0.4, 0.5) is 0 Å². The molecule has 0 aliphatic carbocycles. The number of aromatic nitrogens is 2. The van der Waals surface area contributed by atoms with Gasteiger partial charge in [-0.05, 0) is 28.9 Å². The van der Waals surface area contributed by atoms with Gasteiger partial charge in [0.2, 0.25) is 5.91 Å². The molecular formula is C19H24N4OS. The van der Waals surface area contributed by atoms with Gasteiger partial charge in [0.1, 0.15) is 0 Å². The Balaban J connectivity index is 1.41. The lowest BCUT2D eigenvalue weighted by Crippen LogP contribution is -2.36. The molecular weight excluding hydrogens is 332 g/mol. The van der Waals surface area contributed by atoms with Crippen molar-refractivity contribution in [3.05, 3.63) is 53.3 Å². The number of hydrogen-bond donors (Lipinski definition) is 2. The summed E-state index contributed by atoms with van der Waals surface area (Å²) in [6.45, 7) is 2.28. The van der Waals surface area contributed by atoms with Gasteiger partial charge in [-0.25, -0.2) is 0 Å². The van der Waals surface area contributed by atoms with Gasteiger partial charge in [-0.2, -0.15) is 16.9 Å². The second-order valence-corrected chi connectivity index (χ2v) is 8.18. The van der Waals surface area contributed by atoms with E-state index >= 15 is 0 Å². The van der Waals surface area contributed by atoms with Gasteiger partial charge in [0.25, 0.3) is 0 Å². The van der Waals surface area contributed by atoms with E-state index in [4.69, 9.17) is 0 Å². The van der Waals surface area contributed by atoms with Crippen LogP contribution in [0.2, 0.25) is 0 Å². The fourth-order valence-corrected chi connectivity index (χ4v) is 5.14. The average molecular weight is 356 g/mol. The molecule has 2 aromatic rings. The lowest BCUT2D eigenvalue weighted by Gasteiger charge is -2.26. The first-order chi connectivity index (χ1) is 12.2. The van der Waals surface area contributed by atoms with E-state index in [0.717, 1.165) is 30.8 Å². The highest BCUT2D eigenvalue weighted by Crippen LogP contribution is 2.36. The highest BCUT2D eigenvalue weighted by molar-refractivity contribution is 7.99. The molecule has 1 aromatic carbocycles. The summed E-state index contributed by atoms with van der Waals surface area (Å²) in [5.74, 6) is 1.47. The second kappa shape index (κ2) is 7.22. The molecule has 5 nitrogen and oxygen atoms in total. The van der Waals surface area contributed by atoms with Gasteiger partial charge in [0.15, 0.2) is 0 Å². The smallest absolute Gasteiger partial charge is 0.225 e. The van der Waals surface area contributed by atoms with Crippen LogP contribution in [0.1, 0.15) is 27.9 Å². The van der Waals surface area contributed by atoms with Gasteiger partial charge in [0, 0.05) is 44.0 Å². The summed E-state index contributed by atoms with van der Waals surface area (Å²) in [7, 11) is 1.92. The van der Waals surface area contributed by atoms with Crippen LogP contribution in [0, 0.1) is 5.92 Å². The van der Waals surface area contributed by atoms with Crippen LogP contribution in [0.3, 0.4) is 0 Å². The summed E-state index contributed by atoms with van der Waals surface area (Å²) < 4.78 is 1.80. The quantitative estimate of drug-likeness (QED) is 0.878. The average Bonchev–Trinajstić information content (AvgIpc) is 3.28. The zero-order valence-corrected chi connectivity index (χ0v) is 15.3. The summed E-state index contributed by atoms with van der Waals surface area (Å²) in [6.07, 6.45) is 5.03. The van der Waals surface area contributed by atoms with E-state index in [2.05, 4.69) is 40.0 Å². The number of benzene rings is 1. The van der Waals surface area contributed by atoms with Crippen molar-refractivity contribution in [3.8, 4) is 0 Å². The van der Waals surface area contributed by atoms with Crippen LogP contribution < -0.4 is 10.6 Å². The third-order valence-electron chi connectivity index (χ3n) is 5.26. The minimum atomic E-state index is -0.0203. The van der Waals surface area contributed by atoms with E-state index in [-0.39, 0.29) is 17.7 Å². The number of aryl methyl sites for hydroxylation is 2. The maximum Gasteiger partial charge on any atom is 0.225 e. The van der Waals surface area contributed by atoms with Crippen molar-refractivity contribution < 1.29 is 4.79 Å². The summed E-state index contributed by atoms with van der Waals surface area (Å²) in [5.41, 5.74) is 3.95. The number of nitrogens with one attached hydrogen (secondary N) is 2. The number of carbonyl (C=O) groups is 1. The number of thioether (sulfide) groups is 1. The van der Waals surface area contributed by atoms with Gasteiger partial charge in [-0.15, -0.1) is 0 Å². The minimum Gasteiger partial charge on any atom is -0.354 e. The van der Waals surface area contributed by atoms with Crippen molar-refractivity contribution in [3.63, 3.8) is 0 Å². The summed E-state index contributed by atoms with van der Waals surface area (Å²) in [5, 5.41) is 11.2. The molecule has 3 heterocycles. The highest BCUT2D eigenvalue weighted by atomic mass is 32.2. The lowest BCUT2D eigenvalue weighted by molar-refractivity contribution is -0.124. The zero-order chi connectivity index (χ0) is 17.2. The van der Waals surface area contributed by atoms with Crippen LogP contribution in [0.15, 0.2) is 36.7 Å². The van der Waals surface area contributed by atoms with Crippen LogP contribution in [0.25, 0.3) is 0 Å². The Bertz CT molecular complexity index is 759. The third-order valence-corrected chi connectivity index (χ3v) is 6.52. The number of nitrogens with zero attached hydrogens (tertiary/aromatic N) is 2. The van der Waals surface area contributed by atoms with Crippen molar-refractivity contribution in [1.29, 1.82) is 0 Å². The summed E-state index contributed by atoms with van der Waals surface area (Å²) in [4.78, 5) is 12.8. The molecule has 0 spiro atoms. The number of hydrogen-bond acceptors (Lipinski definition) is 4. The van der Waals surface area contributed by atoms with Crippen LogP contribution in [-0.4, -0.2) is 41.1 Å². The molecule has 0 radical (unpaired) electrons. The van der Waals surface area contributed by atoms with Crippen LogP contribution in [0.5, 0.6) is 0 Å². The molecule has 1 amide bonds. The maximum atomic E-state index is 12.8. The Kier molecular flexibility index (Phi) is 4.81. The van der Waals surface area contributed by atoms with E-state index in [1.165, 1.54) is 11.1 Å². The number of carbonyl (C=O) groups excluding carboxylic acids is 1. The van der Waals surface area contributed by atoms with Crippen molar-refractivity contribution in [2.45, 2.75) is 17.6 Å². The molecule has 1 fully saturated rings. The number of rotatable bonds is 4. The Morgan fingerprint density at radius 1 is 1.40 bits per heavy atom. The molecule has 1 aromatic heterocycles. The van der Waals surface area contributed by atoms with E-state index in [1.807, 2.05) is 31.2 Å². The van der Waals surface area contributed by atoms with Crippen molar-refractivity contribution >= 4 is 17.7 Å². The second-order valence-electron chi connectivity index (χ2n) is 6.87. The minimum absolute atomic E-state index is 0.0203. The Morgan fingerprint density at radius 2 is 2.28 bits per heavy atom. The molecule has 1 saturated heterocycles. The van der Waals surface area contributed by atoms with Crippen molar-refractivity contribution in [2.24, 2.45) is 13.0 Å². The normalized spacial score (nSPS) is 25.6. The molecule has 2 N–H and O–H groups in total. The molecule has 3 atom stereocenters. The molecule has 25 heavy (non-hydrogen) atoms. The predicted octanol–water partition coefficient (Wildman–Crippen LogP) is 1.87. The zero-order valence-electron chi connectivity index (χ0n) is 14.4. The molecule has 132 valence electrons. The van der Waals surface area contributed by atoms with E-state index in [9.17, 15) is 4.79 Å². The van der Waals surface area contributed by atoms with E-state index in [1.54, 1.807) is 4.68 Å². The molecule has 4 rings (SSSR count). The van der Waals surface area contributed by atoms with Gasteiger partial charge < -0.3 is 10.6 Å². The summed E-state index contributed by atoms with van der Waals surface area (Å²) >= 11 is 1.95. The van der Waals surface area contributed by atoms with Crippen LogP contribution >= 0.6 is 11.8 Å². The standard InChI is InChI=1S/C19H24N4OS/c1-23-12-14(8-22-23)16-9-20-10-17(16)19(24)21-11-18-15-5-3-2-4-13(15)6-7-25-18/h2-5,8,12,16-18,20H,6-7,9-11H2,1H3,(H,21,24)/t16-,17+,18?/m1/s1. The largest absolute Gasteiger partial charge is 0.354 e. The molecule has 2 aliphatic rings. The number of amides is 1. The van der Waals surface area contributed by atoms with Crippen molar-refractivity contribution in [2.75, 3.05) is 25.4 Å². The first kappa shape index (κ1) is 16.7. The van der Waals surface area contributed by atoms with Gasteiger partial charge in [-0.1, -0.05) is 24.3 Å². The van der Waals surface area contributed by atoms with Crippen molar-refractivity contribution in [1.82, 2.24) is 20.4 Å². The Labute approximate surface area is 152 Å². The molecule has 0 saturated carbocycles. The predicted molar refractivity (Wildman–Crippen MR) is 101 cm³/mol. The monoisotopic (exact) mass is 356 g/mol. The summed E-state index contributed by atoms with van der Waals surface area (Å²) in [6, 6.07) is 8.61. The highest BCUT2D eigenvalue weighted by Gasteiger charge is 2.35. The Morgan fingerprint density at radius 3 is 3.12 bits per heavy atom. The fraction of sp³-hybridized carbons (Fsp3) is 0.474. The number of fused-ring (bicyclic) bond motifs is 1. The first-order valence-corrected chi connectivity index (χ1v) is 9.93. The molecule has 1 unspecified atom stereocenters.